The number of hydrogen-bond acceptors (Lipinski definition) is 2. The molecule has 92 valence electrons. The molecule has 0 saturated heterocycles. The van der Waals surface area contributed by atoms with Crippen LogP contribution in [0, 0.1) is 12.7 Å². The van der Waals surface area contributed by atoms with Crippen molar-refractivity contribution in [3.63, 3.8) is 0 Å². The summed E-state index contributed by atoms with van der Waals surface area (Å²) in [7, 11) is 0. The van der Waals surface area contributed by atoms with Gasteiger partial charge in [0, 0.05) is 11.1 Å². The van der Waals surface area contributed by atoms with E-state index in [1.807, 2.05) is 6.92 Å². The van der Waals surface area contributed by atoms with Crippen molar-refractivity contribution in [1.29, 1.82) is 0 Å². The number of carbonyl (C=O) groups excluding carboxylic acids is 1. The second-order valence-corrected chi connectivity index (χ2v) is 4.12. The maximum absolute atomic E-state index is 13.7. The highest BCUT2D eigenvalue weighted by atomic mass is 19.1. The van der Waals surface area contributed by atoms with Crippen LogP contribution in [0.5, 0.6) is 5.75 Å². The van der Waals surface area contributed by atoms with Gasteiger partial charge in [-0.15, -0.1) is 0 Å². The summed E-state index contributed by atoms with van der Waals surface area (Å²) in [5.74, 6) is -1.20. The normalized spacial score (nSPS) is 10.3. The molecule has 0 atom stereocenters. The predicted molar refractivity (Wildman–Crippen MR) is 66.8 cm³/mol. The Morgan fingerprint density at radius 1 is 1.22 bits per heavy atom. The molecule has 0 unspecified atom stereocenters. The van der Waals surface area contributed by atoms with Crippen LogP contribution in [-0.2, 0) is 0 Å². The van der Waals surface area contributed by atoms with Crippen molar-refractivity contribution in [2.75, 3.05) is 0 Å². The summed E-state index contributed by atoms with van der Waals surface area (Å²) in [5, 5.41) is 9.53. The van der Waals surface area contributed by atoms with Crippen LogP contribution in [0.1, 0.15) is 15.9 Å². The standard InChI is InChI=1S/C14H12FNO2/c1-8-2-3-13(15)12(4-8)9-5-10(14(16)18)7-11(17)6-9/h2-7,17H,1H3,(H2,16,18). The average Bonchev–Trinajstić information content (AvgIpc) is 2.31. The fourth-order valence-electron chi connectivity index (χ4n) is 1.77. The van der Waals surface area contributed by atoms with E-state index in [9.17, 15) is 14.3 Å². The third-order valence-corrected chi connectivity index (χ3v) is 2.64. The Morgan fingerprint density at radius 2 is 1.94 bits per heavy atom. The molecular formula is C14H12FNO2. The van der Waals surface area contributed by atoms with Gasteiger partial charge in [0.2, 0.25) is 5.91 Å². The third-order valence-electron chi connectivity index (χ3n) is 2.64. The number of phenolic OH excluding ortho intramolecular Hbond substituents is 1. The zero-order valence-electron chi connectivity index (χ0n) is 9.77. The van der Waals surface area contributed by atoms with Gasteiger partial charge in [-0.05, 0) is 42.8 Å². The quantitative estimate of drug-likeness (QED) is 0.854. The largest absolute Gasteiger partial charge is 0.508 e. The molecule has 0 aliphatic rings. The van der Waals surface area contributed by atoms with Crippen molar-refractivity contribution in [2.45, 2.75) is 6.92 Å². The minimum absolute atomic E-state index is 0.123. The highest BCUT2D eigenvalue weighted by Gasteiger charge is 2.10. The van der Waals surface area contributed by atoms with Gasteiger partial charge in [0.15, 0.2) is 0 Å². The van der Waals surface area contributed by atoms with E-state index >= 15 is 0 Å². The molecule has 0 aliphatic carbocycles. The molecule has 3 nitrogen and oxygen atoms in total. The van der Waals surface area contributed by atoms with Crippen molar-refractivity contribution >= 4 is 5.91 Å². The van der Waals surface area contributed by atoms with Crippen LogP contribution in [0.4, 0.5) is 4.39 Å². The van der Waals surface area contributed by atoms with Crippen molar-refractivity contribution < 1.29 is 14.3 Å². The molecular weight excluding hydrogens is 233 g/mol. The first-order valence-corrected chi connectivity index (χ1v) is 5.38. The Labute approximate surface area is 104 Å². The van der Waals surface area contributed by atoms with E-state index in [2.05, 4.69) is 0 Å². The van der Waals surface area contributed by atoms with Crippen LogP contribution in [0.25, 0.3) is 11.1 Å². The number of halogens is 1. The number of phenols is 1. The fourth-order valence-corrected chi connectivity index (χ4v) is 1.77. The van der Waals surface area contributed by atoms with Crippen molar-refractivity contribution in [1.82, 2.24) is 0 Å². The second-order valence-electron chi connectivity index (χ2n) is 4.12. The number of carbonyl (C=O) groups is 1. The Hall–Kier alpha value is -2.36. The second kappa shape index (κ2) is 4.49. The maximum atomic E-state index is 13.7. The molecule has 0 heterocycles. The Morgan fingerprint density at radius 3 is 2.61 bits per heavy atom. The van der Waals surface area contributed by atoms with Gasteiger partial charge >= 0.3 is 0 Å². The SMILES string of the molecule is Cc1ccc(F)c(-c2cc(O)cc(C(N)=O)c2)c1. The molecule has 0 fully saturated rings. The van der Waals surface area contributed by atoms with Crippen molar-refractivity contribution in [3.8, 4) is 16.9 Å². The van der Waals surface area contributed by atoms with Gasteiger partial charge in [-0.1, -0.05) is 11.6 Å². The summed E-state index contributed by atoms with van der Waals surface area (Å²) in [6, 6.07) is 8.74. The summed E-state index contributed by atoms with van der Waals surface area (Å²) in [6.07, 6.45) is 0. The van der Waals surface area contributed by atoms with E-state index in [0.29, 0.717) is 11.1 Å². The van der Waals surface area contributed by atoms with Crippen LogP contribution in [0.15, 0.2) is 36.4 Å². The maximum Gasteiger partial charge on any atom is 0.248 e. The summed E-state index contributed by atoms with van der Waals surface area (Å²) in [6.45, 7) is 1.83. The number of aromatic hydroxyl groups is 1. The van der Waals surface area contributed by atoms with E-state index < -0.39 is 11.7 Å². The zero-order valence-corrected chi connectivity index (χ0v) is 9.77. The van der Waals surface area contributed by atoms with Gasteiger partial charge in [0.05, 0.1) is 0 Å². The van der Waals surface area contributed by atoms with Gasteiger partial charge in [0.25, 0.3) is 0 Å². The summed E-state index contributed by atoms with van der Waals surface area (Å²) in [4.78, 5) is 11.1. The molecule has 2 rings (SSSR count). The first-order chi connectivity index (χ1) is 8.47. The monoisotopic (exact) mass is 245 g/mol. The van der Waals surface area contributed by atoms with Crippen LogP contribution < -0.4 is 5.73 Å². The minimum atomic E-state index is -0.666. The number of primary amides is 1. The molecule has 2 aromatic rings. The van der Waals surface area contributed by atoms with Gasteiger partial charge in [-0.3, -0.25) is 4.79 Å². The Kier molecular flexibility index (Phi) is 3.02. The summed E-state index contributed by atoms with van der Waals surface area (Å²) < 4.78 is 13.7. The van der Waals surface area contributed by atoms with E-state index in [1.54, 1.807) is 12.1 Å². The highest BCUT2D eigenvalue weighted by molar-refractivity contribution is 5.94. The van der Waals surface area contributed by atoms with Crippen LogP contribution in [-0.4, -0.2) is 11.0 Å². The highest BCUT2D eigenvalue weighted by Crippen LogP contribution is 2.28. The van der Waals surface area contributed by atoms with Gasteiger partial charge in [-0.25, -0.2) is 4.39 Å². The van der Waals surface area contributed by atoms with Crippen molar-refractivity contribution in [2.24, 2.45) is 5.73 Å². The number of amides is 1. The molecule has 0 saturated carbocycles. The van der Waals surface area contributed by atoms with Crippen LogP contribution in [0.2, 0.25) is 0 Å². The molecule has 0 spiro atoms. The molecule has 18 heavy (non-hydrogen) atoms. The van der Waals surface area contributed by atoms with Gasteiger partial charge in [0.1, 0.15) is 11.6 Å². The van der Waals surface area contributed by atoms with Crippen molar-refractivity contribution in [3.05, 3.63) is 53.3 Å². The first-order valence-electron chi connectivity index (χ1n) is 5.38. The summed E-state index contributed by atoms with van der Waals surface area (Å²) >= 11 is 0. The molecule has 4 heteroatoms. The Bertz CT molecular complexity index is 623. The summed E-state index contributed by atoms with van der Waals surface area (Å²) in [5.41, 5.74) is 6.93. The van der Waals surface area contributed by atoms with E-state index in [0.717, 1.165) is 5.56 Å². The molecule has 3 N–H and O–H groups in total. The molecule has 0 aliphatic heterocycles. The number of benzene rings is 2. The number of aryl methyl sites for hydroxylation is 1. The zero-order chi connectivity index (χ0) is 13.3. The first kappa shape index (κ1) is 12.1. The Balaban J connectivity index is 2.63. The third kappa shape index (κ3) is 2.32. The molecule has 1 amide bonds. The smallest absolute Gasteiger partial charge is 0.248 e. The lowest BCUT2D eigenvalue weighted by atomic mass is 10.00. The molecule has 2 aromatic carbocycles. The van der Waals surface area contributed by atoms with Crippen LogP contribution in [0.3, 0.4) is 0 Å². The minimum Gasteiger partial charge on any atom is -0.508 e. The van der Waals surface area contributed by atoms with Gasteiger partial charge < -0.3 is 10.8 Å². The number of nitrogens with two attached hydrogens (primary N) is 1. The molecule has 0 aromatic heterocycles. The lowest BCUT2D eigenvalue weighted by Gasteiger charge is -2.07. The van der Waals surface area contributed by atoms with Crippen LogP contribution >= 0.6 is 0 Å². The lowest BCUT2D eigenvalue weighted by Crippen LogP contribution is -2.10. The predicted octanol–water partition coefficient (Wildman–Crippen LogP) is 2.61. The number of rotatable bonds is 2. The topological polar surface area (TPSA) is 63.3 Å². The number of hydrogen-bond donors (Lipinski definition) is 2. The van der Waals surface area contributed by atoms with E-state index in [4.69, 9.17) is 5.73 Å². The molecule has 0 bridgehead atoms. The van der Waals surface area contributed by atoms with E-state index in [-0.39, 0.29) is 11.3 Å². The average molecular weight is 245 g/mol. The fraction of sp³-hybridized carbons (Fsp3) is 0.0714. The van der Waals surface area contributed by atoms with E-state index in [1.165, 1.54) is 24.3 Å². The lowest BCUT2D eigenvalue weighted by molar-refractivity contribution is 0.1000. The van der Waals surface area contributed by atoms with Gasteiger partial charge in [-0.2, -0.15) is 0 Å². The molecule has 0 radical (unpaired) electrons.